The van der Waals surface area contributed by atoms with Crippen molar-refractivity contribution in [3.63, 3.8) is 0 Å². The summed E-state index contributed by atoms with van der Waals surface area (Å²) >= 11 is 0. The summed E-state index contributed by atoms with van der Waals surface area (Å²) in [6, 6.07) is 0. The Morgan fingerprint density at radius 3 is 1.31 bits per heavy atom. The van der Waals surface area contributed by atoms with Crippen LogP contribution in [0.3, 0.4) is 0 Å². The number of rotatable bonds is 12. The second-order valence-electron chi connectivity index (χ2n) is 14.4. The van der Waals surface area contributed by atoms with Gasteiger partial charge in [-0.2, -0.15) is 0 Å². The first-order chi connectivity index (χ1) is 19.6. The van der Waals surface area contributed by atoms with Crippen molar-refractivity contribution in [3.05, 3.63) is 105 Å². The fraction of sp³-hybridized carbons (Fsp3) is 0.550. The highest BCUT2D eigenvalue weighted by molar-refractivity contribution is 5.31. The molecule has 0 aromatic rings. The quantitative estimate of drug-likeness (QED) is 0.180. The summed E-state index contributed by atoms with van der Waals surface area (Å²) in [6.07, 6.45) is 28.9. The Kier molecular flexibility index (Phi) is 14.0. The Balaban J connectivity index is 1.82. The van der Waals surface area contributed by atoms with Crippen molar-refractivity contribution in [2.75, 3.05) is 0 Å². The lowest BCUT2D eigenvalue weighted by Crippen LogP contribution is -2.29. The van der Waals surface area contributed by atoms with Crippen LogP contribution in [0.2, 0.25) is 0 Å². The second kappa shape index (κ2) is 16.4. The first kappa shape index (κ1) is 35.8. The summed E-state index contributed by atoms with van der Waals surface area (Å²) in [5.74, 6) is 0. The fourth-order valence-electron chi connectivity index (χ4n) is 6.85. The lowest BCUT2D eigenvalue weighted by molar-refractivity contribution is 0.112. The van der Waals surface area contributed by atoms with Gasteiger partial charge in [-0.05, 0) is 104 Å². The van der Waals surface area contributed by atoms with E-state index in [4.69, 9.17) is 0 Å². The predicted octanol–water partition coefficient (Wildman–Crippen LogP) is 11.0. The van der Waals surface area contributed by atoms with Gasteiger partial charge < -0.3 is 10.2 Å². The Labute approximate surface area is 258 Å². The van der Waals surface area contributed by atoms with Crippen molar-refractivity contribution in [1.29, 1.82) is 0 Å². The van der Waals surface area contributed by atoms with Crippen molar-refractivity contribution in [2.45, 2.75) is 133 Å². The zero-order chi connectivity index (χ0) is 31.5. The molecule has 2 unspecified atom stereocenters. The molecule has 0 saturated heterocycles. The van der Waals surface area contributed by atoms with E-state index in [2.05, 4.69) is 130 Å². The van der Waals surface area contributed by atoms with Gasteiger partial charge in [0.25, 0.3) is 0 Å². The molecule has 0 bridgehead atoms. The first-order valence-corrected chi connectivity index (χ1v) is 16.0. The van der Waals surface area contributed by atoms with Crippen LogP contribution < -0.4 is 0 Å². The number of hydrogen-bond acceptors (Lipinski definition) is 2. The molecule has 0 radical (unpaired) electrons. The van der Waals surface area contributed by atoms with Gasteiger partial charge in [0.05, 0.1) is 12.2 Å². The van der Waals surface area contributed by atoms with Crippen LogP contribution in [0.1, 0.15) is 121 Å². The predicted molar refractivity (Wildman–Crippen MR) is 184 cm³/mol. The molecule has 2 nitrogen and oxygen atoms in total. The second-order valence-corrected chi connectivity index (χ2v) is 14.4. The molecule has 2 N–H and O–H groups in total. The zero-order valence-corrected chi connectivity index (χ0v) is 28.5. The molecule has 2 aliphatic rings. The van der Waals surface area contributed by atoms with Gasteiger partial charge >= 0.3 is 0 Å². The number of aliphatic hydroxyl groups is 2. The average molecular weight is 573 g/mol. The van der Waals surface area contributed by atoms with E-state index in [9.17, 15) is 10.2 Å². The van der Waals surface area contributed by atoms with E-state index in [-0.39, 0.29) is 23.0 Å². The summed E-state index contributed by atoms with van der Waals surface area (Å²) in [4.78, 5) is 0. The van der Waals surface area contributed by atoms with E-state index >= 15 is 0 Å². The van der Waals surface area contributed by atoms with Crippen molar-refractivity contribution in [3.8, 4) is 0 Å². The molecule has 2 aliphatic carbocycles. The van der Waals surface area contributed by atoms with Crippen molar-refractivity contribution < 1.29 is 10.2 Å². The van der Waals surface area contributed by atoms with E-state index in [1.54, 1.807) is 0 Å². The van der Waals surface area contributed by atoms with Crippen LogP contribution in [-0.4, -0.2) is 22.4 Å². The molecule has 2 atom stereocenters. The van der Waals surface area contributed by atoms with Crippen molar-refractivity contribution in [1.82, 2.24) is 0 Å². The molecule has 0 aromatic heterocycles. The molecule has 42 heavy (non-hydrogen) atoms. The molecule has 0 aromatic carbocycles. The summed E-state index contributed by atoms with van der Waals surface area (Å²) < 4.78 is 0. The molecule has 0 spiro atoms. The zero-order valence-electron chi connectivity index (χ0n) is 28.5. The molecular formula is C40H60O2. The van der Waals surface area contributed by atoms with Gasteiger partial charge in [-0.25, -0.2) is 0 Å². The number of hydrogen-bond donors (Lipinski definition) is 2. The van der Waals surface area contributed by atoms with Crippen LogP contribution in [-0.2, 0) is 0 Å². The average Bonchev–Trinajstić information content (AvgIpc) is 2.84. The normalized spacial score (nSPS) is 24.7. The SMILES string of the molecule is CC1=C(CC\C(C)=C/C=C/C(C)=C/C=C/C=C(C)/C=C/C=C(\C)CCC2=C(C)CC(O)CC2(C)C)C(C)(C)CC(O)C1. The molecule has 0 saturated carbocycles. The number of allylic oxidation sites excluding steroid dienone is 16. The molecule has 0 heterocycles. The van der Waals surface area contributed by atoms with Gasteiger partial charge in [-0.3, -0.25) is 0 Å². The molecule has 0 fully saturated rings. The molecule has 0 amide bonds. The van der Waals surface area contributed by atoms with Crippen LogP contribution in [0.25, 0.3) is 0 Å². The Bertz CT molecular complexity index is 1110. The molecule has 2 rings (SSSR count). The van der Waals surface area contributed by atoms with E-state index < -0.39 is 0 Å². The monoisotopic (exact) mass is 572 g/mol. The third-order valence-corrected chi connectivity index (χ3v) is 9.09. The van der Waals surface area contributed by atoms with Crippen molar-refractivity contribution >= 4 is 0 Å². The van der Waals surface area contributed by atoms with Gasteiger partial charge in [0.2, 0.25) is 0 Å². The lowest BCUT2D eigenvalue weighted by Gasteiger charge is -2.37. The first-order valence-electron chi connectivity index (χ1n) is 16.0. The highest BCUT2D eigenvalue weighted by Crippen LogP contribution is 2.44. The van der Waals surface area contributed by atoms with E-state index in [1.165, 1.54) is 44.6 Å². The van der Waals surface area contributed by atoms with Gasteiger partial charge in [0.15, 0.2) is 0 Å². The van der Waals surface area contributed by atoms with Gasteiger partial charge in [0.1, 0.15) is 0 Å². The maximum absolute atomic E-state index is 10.1. The largest absolute Gasteiger partial charge is 0.393 e. The molecule has 232 valence electrons. The van der Waals surface area contributed by atoms with Gasteiger partial charge in [-0.1, -0.05) is 133 Å². The smallest absolute Gasteiger partial charge is 0.0585 e. The third-order valence-electron chi connectivity index (χ3n) is 9.09. The Morgan fingerprint density at radius 1 is 0.619 bits per heavy atom. The lowest BCUT2D eigenvalue weighted by atomic mass is 9.70. The van der Waals surface area contributed by atoms with E-state index in [0.717, 1.165) is 51.4 Å². The van der Waals surface area contributed by atoms with Gasteiger partial charge in [-0.15, -0.1) is 0 Å². The summed E-state index contributed by atoms with van der Waals surface area (Å²) in [7, 11) is 0. The van der Waals surface area contributed by atoms with Crippen LogP contribution >= 0.6 is 0 Å². The van der Waals surface area contributed by atoms with Crippen LogP contribution in [0, 0.1) is 10.8 Å². The molecule has 2 heteroatoms. The minimum absolute atomic E-state index is 0.0949. The third kappa shape index (κ3) is 12.1. The molecular weight excluding hydrogens is 512 g/mol. The van der Waals surface area contributed by atoms with Crippen LogP contribution in [0.4, 0.5) is 0 Å². The van der Waals surface area contributed by atoms with Gasteiger partial charge in [0, 0.05) is 0 Å². The van der Waals surface area contributed by atoms with Crippen LogP contribution in [0.15, 0.2) is 105 Å². The summed E-state index contributed by atoms with van der Waals surface area (Å²) in [5, 5.41) is 20.3. The van der Waals surface area contributed by atoms with Crippen LogP contribution in [0.5, 0.6) is 0 Å². The standard InChI is InChI=1S/C40H60O2/c1-29(17-13-19-31(3)21-23-37-33(5)25-35(41)27-39(37,7)8)15-11-12-16-30(2)18-14-20-32(4)22-24-38-34(6)26-36(42)28-40(38,9)10/h11-20,35-36,41-42H,21-28H2,1-10H3/b12-11+,17-13+,18-14+,29-15+,30-16+,31-19-,32-20+. The fourth-order valence-corrected chi connectivity index (χ4v) is 6.85. The number of aliphatic hydroxyl groups excluding tert-OH is 2. The molecule has 0 aliphatic heterocycles. The topological polar surface area (TPSA) is 40.5 Å². The minimum Gasteiger partial charge on any atom is -0.393 e. The van der Waals surface area contributed by atoms with E-state index in [0.29, 0.717) is 0 Å². The summed E-state index contributed by atoms with van der Waals surface area (Å²) in [5.41, 5.74) is 11.2. The maximum Gasteiger partial charge on any atom is 0.0585 e. The maximum atomic E-state index is 10.1. The Morgan fingerprint density at radius 2 is 0.976 bits per heavy atom. The van der Waals surface area contributed by atoms with E-state index in [1.807, 2.05) is 0 Å². The highest BCUT2D eigenvalue weighted by atomic mass is 16.3. The van der Waals surface area contributed by atoms with Crippen molar-refractivity contribution in [2.24, 2.45) is 10.8 Å². The highest BCUT2D eigenvalue weighted by Gasteiger charge is 2.33. The Hall–Kier alpha value is -2.42. The minimum atomic E-state index is -0.191. The summed E-state index contributed by atoms with van der Waals surface area (Å²) in [6.45, 7) is 22.2.